The van der Waals surface area contributed by atoms with Crippen LogP contribution in [0.4, 0.5) is 4.79 Å². The minimum atomic E-state index is -0.623. The van der Waals surface area contributed by atoms with Crippen LogP contribution in [0.25, 0.3) is 0 Å². The summed E-state index contributed by atoms with van der Waals surface area (Å²) in [4.78, 5) is 24.7. The number of ether oxygens (including phenoxy) is 1. The summed E-state index contributed by atoms with van der Waals surface area (Å²) in [6, 6.07) is 8.71. The van der Waals surface area contributed by atoms with Crippen molar-refractivity contribution in [2.24, 2.45) is 0 Å². The third-order valence-electron chi connectivity index (χ3n) is 2.45. The third kappa shape index (κ3) is 4.45. The lowest BCUT2D eigenvalue weighted by Gasteiger charge is -2.18. The molecule has 2 amide bonds. The third-order valence-corrected chi connectivity index (χ3v) is 2.45. The number of likely N-dealkylation sites (N-methyl/N-ethyl adjacent to an activating group) is 1. The van der Waals surface area contributed by atoms with Gasteiger partial charge in [-0.15, -0.1) is 0 Å². The molecule has 0 fully saturated rings. The molecule has 0 bridgehead atoms. The molecule has 1 aromatic carbocycles. The second kappa shape index (κ2) is 7.32. The van der Waals surface area contributed by atoms with Crippen molar-refractivity contribution in [2.75, 3.05) is 19.6 Å². The highest BCUT2D eigenvalue weighted by molar-refractivity contribution is 5.82. The van der Waals surface area contributed by atoms with Gasteiger partial charge in [-0.3, -0.25) is 4.79 Å². The Morgan fingerprint density at radius 3 is 2.33 bits per heavy atom. The molecule has 1 N–H and O–H groups in total. The lowest BCUT2D eigenvalue weighted by atomic mass is 10.3. The van der Waals surface area contributed by atoms with Gasteiger partial charge in [0.15, 0.2) is 0 Å². The average Bonchev–Trinajstić information content (AvgIpc) is 2.39. The summed E-state index contributed by atoms with van der Waals surface area (Å²) in [5.74, 6) is 0.329. The molecule has 0 aromatic heterocycles. The van der Waals surface area contributed by atoms with E-state index in [1.165, 1.54) is 0 Å². The van der Waals surface area contributed by atoms with Gasteiger partial charge >= 0.3 is 6.09 Å². The van der Waals surface area contributed by atoms with Crippen LogP contribution in [-0.2, 0) is 4.79 Å². The normalized spacial score (nSPS) is 9.67. The Kier molecular flexibility index (Phi) is 5.70. The van der Waals surface area contributed by atoms with E-state index in [4.69, 9.17) is 4.74 Å². The van der Waals surface area contributed by atoms with Crippen LogP contribution in [0.5, 0.6) is 5.75 Å². The maximum absolute atomic E-state index is 11.6. The van der Waals surface area contributed by atoms with E-state index in [1.807, 2.05) is 19.9 Å². The Labute approximate surface area is 107 Å². The van der Waals surface area contributed by atoms with Crippen molar-refractivity contribution in [3.63, 3.8) is 0 Å². The summed E-state index contributed by atoms with van der Waals surface area (Å²) in [5, 5.41) is 2.43. The van der Waals surface area contributed by atoms with Crippen molar-refractivity contribution in [1.82, 2.24) is 10.2 Å². The number of nitrogens with one attached hydrogen (secondary N) is 1. The summed E-state index contributed by atoms with van der Waals surface area (Å²) < 4.78 is 4.99. The Morgan fingerprint density at radius 1 is 1.17 bits per heavy atom. The molecule has 1 aromatic rings. The van der Waals surface area contributed by atoms with Crippen molar-refractivity contribution in [3.8, 4) is 5.75 Å². The van der Waals surface area contributed by atoms with E-state index in [0.717, 1.165) is 0 Å². The van der Waals surface area contributed by atoms with Gasteiger partial charge in [0.1, 0.15) is 12.3 Å². The molecule has 1 rings (SSSR count). The van der Waals surface area contributed by atoms with Gasteiger partial charge in [-0.25, -0.2) is 4.79 Å². The number of amides is 2. The van der Waals surface area contributed by atoms with E-state index < -0.39 is 6.09 Å². The summed E-state index contributed by atoms with van der Waals surface area (Å²) >= 11 is 0. The van der Waals surface area contributed by atoms with Gasteiger partial charge in [-0.05, 0) is 26.0 Å². The summed E-state index contributed by atoms with van der Waals surface area (Å²) in [6.45, 7) is 5.00. The lowest BCUT2D eigenvalue weighted by Crippen LogP contribution is -2.40. The van der Waals surface area contributed by atoms with Crippen molar-refractivity contribution in [2.45, 2.75) is 13.8 Å². The van der Waals surface area contributed by atoms with Crippen LogP contribution in [0.1, 0.15) is 13.8 Å². The number of benzene rings is 1. The van der Waals surface area contributed by atoms with Gasteiger partial charge in [0.05, 0.1) is 0 Å². The number of para-hydroxylation sites is 1. The Hall–Kier alpha value is -2.04. The Balaban J connectivity index is 2.35. The number of hydrogen-bond acceptors (Lipinski definition) is 3. The number of rotatable bonds is 5. The Morgan fingerprint density at radius 2 is 1.78 bits per heavy atom. The second-order valence-corrected chi connectivity index (χ2v) is 3.62. The fraction of sp³-hybridized carbons (Fsp3) is 0.385. The van der Waals surface area contributed by atoms with E-state index >= 15 is 0 Å². The van der Waals surface area contributed by atoms with E-state index in [0.29, 0.717) is 18.8 Å². The van der Waals surface area contributed by atoms with Crippen LogP contribution in [0.2, 0.25) is 0 Å². The van der Waals surface area contributed by atoms with E-state index in [1.54, 1.807) is 29.2 Å². The van der Waals surface area contributed by atoms with Gasteiger partial charge in [0, 0.05) is 13.1 Å². The maximum Gasteiger partial charge on any atom is 0.413 e. The fourth-order valence-electron chi connectivity index (χ4n) is 1.47. The van der Waals surface area contributed by atoms with Crippen molar-refractivity contribution in [3.05, 3.63) is 30.3 Å². The van der Waals surface area contributed by atoms with Crippen molar-refractivity contribution >= 4 is 12.0 Å². The van der Waals surface area contributed by atoms with Gasteiger partial charge in [-0.1, -0.05) is 18.2 Å². The van der Waals surface area contributed by atoms with Gasteiger partial charge in [0.2, 0.25) is 5.91 Å². The lowest BCUT2D eigenvalue weighted by molar-refractivity contribution is -0.129. The predicted octanol–water partition coefficient (Wildman–Crippen LogP) is 1.64. The van der Waals surface area contributed by atoms with E-state index in [9.17, 15) is 9.59 Å². The highest BCUT2D eigenvalue weighted by atomic mass is 16.6. The number of carbonyl (C=O) groups excluding carboxylic acids is 2. The minimum Gasteiger partial charge on any atom is -0.410 e. The molecule has 0 saturated heterocycles. The topological polar surface area (TPSA) is 58.6 Å². The van der Waals surface area contributed by atoms with E-state index in [-0.39, 0.29) is 12.5 Å². The van der Waals surface area contributed by atoms with Crippen LogP contribution in [0.3, 0.4) is 0 Å². The first kappa shape index (κ1) is 14.0. The molecule has 0 radical (unpaired) electrons. The molecule has 0 aliphatic carbocycles. The first-order valence-electron chi connectivity index (χ1n) is 5.95. The van der Waals surface area contributed by atoms with Crippen LogP contribution < -0.4 is 10.1 Å². The first-order chi connectivity index (χ1) is 8.67. The van der Waals surface area contributed by atoms with Crippen LogP contribution >= 0.6 is 0 Å². The summed E-state index contributed by atoms with van der Waals surface area (Å²) in [7, 11) is 0. The highest BCUT2D eigenvalue weighted by Gasteiger charge is 2.11. The number of nitrogens with zero attached hydrogens (tertiary/aromatic N) is 1. The van der Waals surface area contributed by atoms with Crippen molar-refractivity contribution < 1.29 is 14.3 Å². The molecule has 0 saturated carbocycles. The summed E-state index contributed by atoms with van der Waals surface area (Å²) in [6.07, 6.45) is -0.623. The maximum atomic E-state index is 11.6. The largest absolute Gasteiger partial charge is 0.413 e. The Bertz CT molecular complexity index is 388. The molecule has 0 spiro atoms. The number of hydrogen-bond donors (Lipinski definition) is 1. The molecule has 0 aliphatic rings. The molecule has 5 heteroatoms. The molecule has 0 heterocycles. The van der Waals surface area contributed by atoms with E-state index in [2.05, 4.69) is 5.32 Å². The SMILES string of the molecule is CCN(CC)C(=O)CNC(=O)Oc1ccccc1. The van der Waals surface area contributed by atoms with Gasteiger partial charge in [0.25, 0.3) is 0 Å². The second-order valence-electron chi connectivity index (χ2n) is 3.62. The molecule has 0 aliphatic heterocycles. The van der Waals surface area contributed by atoms with Crippen LogP contribution in [0.15, 0.2) is 30.3 Å². The quantitative estimate of drug-likeness (QED) is 0.864. The van der Waals surface area contributed by atoms with Gasteiger partial charge < -0.3 is 15.0 Å². The minimum absolute atomic E-state index is 0.0483. The molecule has 98 valence electrons. The number of carbonyl (C=O) groups is 2. The molecule has 0 atom stereocenters. The highest BCUT2D eigenvalue weighted by Crippen LogP contribution is 2.07. The zero-order chi connectivity index (χ0) is 13.4. The standard InChI is InChI=1S/C13H18N2O3/c1-3-15(4-2)12(16)10-14-13(17)18-11-8-6-5-7-9-11/h5-9H,3-4,10H2,1-2H3,(H,14,17). The first-order valence-corrected chi connectivity index (χ1v) is 5.95. The predicted molar refractivity (Wildman–Crippen MR) is 68.4 cm³/mol. The molecule has 18 heavy (non-hydrogen) atoms. The van der Waals surface area contributed by atoms with Crippen molar-refractivity contribution in [1.29, 1.82) is 0 Å². The smallest absolute Gasteiger partial charge is 0.410 e. The fourth-order valence-corrected chi connectivity index (χ4v) is 1.47. The molecular formula is C13H18N2O3. The van der Waals surface area contributed by atoms with Crippen LogP contribution in [-0.4, -0.2) is 36.5 Å². The van der Waals surface area contributed by atoms with Gasteiger partial charge in [-0.2, -0.15) is 0 Å². The average molecular weight is 250 g/mol. The monoisotopic (exact) mass is 250 g/mol. The molecule has 5 nitrogen and oxygen atoms in total. The zero-order valence-electron chi connectivity index (χ0n) is 10.7. The molecular weight excluding hydrogens is 232 g/mol. The summed E-state index contributed by atoms with van der Waals surface area (Å²) in [5.41, 5.74) is 0. The molecule has 0 unspecified atom stereocenters. The van der Waals surface area contributed by atoms with Crippen LogP contribution in [0, 0.1) is 0 Å². The zero-order valence-corrected chi connectivity index (χ0v) is 10.7.